The first-order chi connectivity index (χ1) is 14.2. The molecule has 0 heterocycles. The van der Waals surface area contributed by atoms with Gasteiger partial charge in [-0.1, -0.05) is 6.07 Å². The van der Waals surface area contributed by atoms with Gasteiger partial charge in [-0.2, -0.15) is 0 Å². The van der Waals surface area contributed by atoms with E-state index in [1.54, 1.807) is 6.07 Å². The molecule has 0 fully saturated rings. The molecule has 0 aliphatic rings. The number of hydrogen-bond acceptors (Lipinski definition) is 4. The van der Waals surface area contributed by atoms with Gasteiger partial charge in [0.25, 0.3) is 16.5 Å². The first-order valence-electron chi connectivity index (χ1n) is 8.35. The molecule has 0 saturated carbocycles. The molecule has 10 heteroatoms. The van der Waals surface area contributed by atoms with Crippen LogP contribution in [0.2, 0.25) is 0 Å². The molecule has 156 valence electrons. The number of benzene rings is 3. The van der Waals surface area contributed by atoms with Crippen molar-refractivity contribution < 1.29 is 31.1 Å². The van der Waals surface area contributed by atoms with E-state index in [9.17, 15) is 26.4 Å². The van der Waals surface area contributed by atoms with Crippen LogP contribution in [0.4, 0.5) is 18.9 Å². The van der Waals surface area contributed by atoms with E-state index in [1.807, 2.05) is 22.6 Å². The van der Waals surface area contributed by atoms with Crippen molar-refractivity contribution >= 4 is 44.8 Å². The summed E-state index contributed by atoms with van der Waals surface area (Å²) in [6, 6.07) is 11.0. The first kappa shape index (κ1) is 22.1. The average Bonchev–Trinajstić information content (AvgIpc) is 2.70. The third-order valence-corrected chi connectivity index (χ3v) is 6.19. The Hall–Kier alpha value is -2.60. The quantitative estimate of drug-likeness (QED) is 0.346. The van der Waals surface area contributed by atoms with Gasteiger partial charge in [0.05, 0.1) is 10.6 Å². The standard InChI is InChI=1S/C20H13F3INO4S/c21-17-7-8-19(16(20(17)23)9-12-1-2-13(24)10-18(12)22)25-30(27,28)15-5-3-14(4-6-15)29-11-26/h1-8,10-11,25H,9H2. The lowest BCUT2D eigenvalue weighted by atomic mass is 10.0. The van der Waals surface area contributed by atoms with E-state index in [0.717, 1.165) is 12.1 Å². The topological polar surface area (TPSA) is 72.5 Å². The van der Waals surface area contributed by atoms with E-state index < -0.39 is 27.5 Å². The number of hydrogen-bond donors (Lipinski definition) is 1. The first-order valence-corrected chi connectivity index (χ1v) is 10.9. The summed E-state index contributed by atoms with van der Waals surface area (Å²) < 4.78 is 75.3. The summed E-state index contributed by atoms with van der Waals surface area (Å²) in [6.45, 7) is 0.194. The maximum absolute atomic E-state index is 14.5. The molecule has 0 amide bonds. The minimum Gasteiger partial charge on any atom is -0.429 e. The van der Waals surface area contributed by atoms with Crippen LogP contribution >= 0.6 is 22.6 Å². The molecule has 3 rings (SSSR count). The van der Waals surface area contributed by atoms with E-state index in [-0.39, 0.29) is 40.4 Å². The van der Waals surface area contributed by atoms with Crippen molar-refractivity contribution in [1.29, 1.82) is 0 Å². The van der Waals surface area contributed by atoms with E-state index >= 15 is 0 Å². The minimum absolute atomic E-state index is 0.0794. The second-order valence-corrected chi connectivity index (χ2v) is 9.02. The summed E-state index contributed by atoms with van der Waals surface area (Å²) in [4.78, 5) is 10.1. The number of nitrogens with one attached hydrogen (secondary N) is 1. The van der Waals surface area contributed by atoms with Crippen molar-refractivity contribution in [3.63, 3.8) is 0 Å². The van der Waals surface area contributed by atoms with Crippen LogP contribution in [0, 0.1) is 21.0 Å². The zero-order chi connectivity index (χ0) is 21.9. The third-order valence-electron chi connectivity index (χ3n) is 4.14. The lowest BCUT2D eigenvalue weighted by Crippen LogP contribution is -2.15. The molecule has 5 nitrogen and oxygen atoms in total. The normalized spacial score (nSPS) is 11.2. The number of rotatable bonds is 7. The average molecular weight is 547 g/mol. The summed E-state index contributed by atoms with van der Waals surface area (Å²) in [5.74, 6) is -2.95. The fourth-order valence-corrected chi connectivity index (χ4v) is 4.22. The Bertz CT molecular complexity index is 1200. The third kappa shape index (κ3) is 4.93. The Morgan fingerprint density at radius 1 is 0.967 bits per heavy atom. The van der Waals surface area contributed by atoms with Crippen LogP contribution in [-0.4, -0.2) is 14.9 Å². The highest BCUT2D eigenvalue weighted by Gasteiger charge is 2.21. The smallest absolute Gasteiger partial charge is 0.298 e. The maximum Gasteiger partial charge on any atom is 0.298 e. The molecular weight excluding hydrogens is 534 g/mol. The minimum atomic E-state index is -4.18. The Balaban J connectivity index is 1.97. The van der Waals surface area contributed by atoms with Gasteiger partial charge in [0.2, 0.25) is 0 Å². The fourth-order valence-electron chi connectivity index (χ4n) is 2.67. The lowest BCUT2D eigenvalue weighted by Gasteiger charge is -2.15. The number of sulfonamides is 1. The van der Waals surface area contributed by atoms with Gasteiger partial charge in [0.1, 0.15) is 11.6 Å². The maximum atomic E-state index is 14.5. The highest BCUT2D eigenvalue weighted by atomic mass is 127. The molecule has 0 spiro atoms. The summed E-state index contributed by atoms with van der Waals surface area (Å²) >= 11 is 1.91. The van der Waals surface area contributed by atoms with Crippen LogP contribution in [0.3, 0.4) is 0 Å². The predicted octanol–water partition coefficient (Wildman–Crippen LogP) is 4.64. The van der Waals surface area contributed by atoms with Gasteiger partial charge >= 0.3 is 0 Å². The molecule has 1 N–H and O–H groups in total. The van der Waals surface area contributed by atoms with E-state index in [1.165, 1.54) is 36.4 Å². The zero-order valence-corrected chi connectivity index (χ0v) is 18.0. The van der Waals surface area contributed by atoms with Gasteiger partial charge in [-0.3, -0.25) is 9.52 Å². The van der Waals surface area contributed by atoms with Crippen molar-refractivity contribution in [1.82, 2.24) is 0 Å². The second-order valence-electron chi connectivity index (χ2n) is 6.09. The van der Waals surface area contributed by atoms with Crippen LogP contribution in [-0.2, 0) is 21.2 Å². The highest BCUT2D eigenvalue weighted by molar-refractivity contribution is 14.1. The molecule has 0 aromatic heterocycles. The van der Waals surface area contributed by atoms with Crippen LogP contribution in [0.25, 0.3) is 0 Å². The number of carbonyl (C=O) groups excluding carboxylic acids is 1. The Kier molecular flexibility index (Phi) is 6.66. The van der Waals surface area contributed by atoms with Gasteiger partial charge in [0.15, 0.2) is 11.6 Å². The van der Waals surface area contributed by atoms with Gasteiger partial charge < -0.3 is 4.74 Å². The monoisotopic (exact) mass is 547 g/mol. The van der Waals surface area contributed by atoms with Gasteiger partial charge in [0, 0.05) is 15.6 Å². The van der Waals surface area contributed by atoms with E-state index in [0.29, 0.717) is 3.57 Å². The molecule has 0 bridgehead atoms. The Morgan fingerprint density at radius 2 is 1.67 bits per heavy atom. The van der Waals surface area contributed by atoms with Gasteiger partial charge in [-0.15, -0.1) is 0 Å². The predicted molar refractivity (Wildman–Crippen MR) is 112 cm³/mol. The Morgan fingerprint density at radius 3 is 2.30 bits per heavy atom. The second kappa shape index (κ2) is 9.04. The summed E-state index contributed by atoms with van der Waals surface area (Å²) in [5, 5.41) is 0. The van der Waals surface area contributed by atoms with E-state index in [2.05, 4.69) is 9.46 Å². The number of anilines is 1. The van der Waals surface area contributed by atoms with Crippen LogP contribution in [0.5, 0.6) is 5.75 Å². The van der Waals surface area contributed by atoms with E-state index in [4.69, 9.17) is 0 Å². The number of ether oxygens (including phenoxy) is 1. The SMILES string of the molecule is O=COc1ccc(S(=O)(=O)Nc2ccc(F)c(F)c2Cc2ccc(I)cc2F)cc1. The van der Waals surface area contributed by atoms with Crippen molar-refractivity contribution in [2.75, 3.05) is 4.72 Å². The summed E-state index contributed by atoms with van der Waals surface area (Å²) in [6.07, 6.45) is -0.365. The molecule has 0 atom stereocenters. The molecule has 3 aromatic carbocycles. The molecule has 0 unspecified atom stereocenters. The molecule has 30 heavy (non-hydrogen) atoms. The lowest BCUT2D eigenvalue weighted by molar-refractivity contribution is -0.120. The summed E-state index contributed by atoms with van der Waals surface area (Å²) in [7, 11) is -4.18. The van der Waals surface area contributed by atoms with Crippen LogP contribution in [0.1, 0.15) is 11.1 Å². The molecule has 0 aliphatic carbocycles. The fraction of sp³-hybridized carbons (Fsp3) is 0.0500. The Labute approximate surface area is 184 Å². The van der Waals surface area contributed by atoms with Crippen LogP contribution in [0.15, 0.2) is 59.5 Å². The highest BCUT2D eigenvalue weighted by Crippen LogP contribution is 2.28. The van der Waals surface area contributed by atoms with Crippen molar-refractivity contribution in [2.24, 2.45) is 0 Å². The largest absolute Gasteiger partial charge is 0.429 e. The molecule has 0 radical (unpaired) electrons. The van der Waals surface area contributed by atoms with Crippen molar-refractivity contribution in [3.8, 4) is 5.75 Å². The van der Waals surface area contributed by atoms with Crippen molar-refractivity contribution in [2.45, 2.75) is 11.3 Å². The van der Waals surface area contributed by atoms with Crippen LogP contribution < -0.4 is 9.46 Å². The number of carbonyl (C=O) groups is 1. The van der Waals surface area contributed by atoms with Crippen molar-refractivity contribution in [3.05, 3.63) is 86.7 Å². The number of halogens is 4. The zero-order valence-electron chi connectivity index (χ0n) is 15.0. The molecular formula is C20H13F3INO4S. The van der Waals surface area contributed by atoms with Gasteiger partial charge in [-0.25, -0.2) is 21.6 Å². The molecule has 0 aliphatic heterocycles. The molecule has 3 aromatic rings. The van der Waals surface area contributed by atoms with Gasteiger partial charge in [-0.05, 0) is 76.7 Å². The summed E-state index contributed by atoms with van der Waals surface area (Å²) in [5.41, 5.74) is -0.476. The molecule has 0 saturated heterocycles.